The molecule has 1 atom stereocenters. The Morgan fingerprint density at radius 1 is 0.949 bits per heavy atom. The molecule has 0 aliphatic carbocycles. The Hall–Kier alpha value is -3.50. The molecule has 3 aromatic heterocycles. The molecule has 10 heteroatoms. The molecule has 0 saturated carbocycles. The number of phenolic OH excluding ortho intramolecular Hbond substituents is 1. The second kappa shape index (κ2) is 10.9. The zero-order chi connectivity index (χ0) is 28.4. The number of alkyl halides is 3. The first-order valence-electron chi connectivity index (χ1n) is 12.9. The standard InChI is InChI=1S/C29H34F3N5O2/c1-5-37(6-2)16-23-10-20-9-22(36-25(20)15-35-23)12-28(39,29(30,31)32)17-27(3,4)24-11-19(7-8-26(24)38)21-13-33-18-34-14-21/h7-11,13-15,18,36,38-39H,5-6,12,16-17H2,1-4H3. The summed E-state index contributed by atoms with van der Waals surface area (Å²) >= 11 is 0. The monoisotopic (exact) mass is 541 g/mol. The van der Waals surface area contributed by atoms with Crippen molar-refractivity contribution in [1.82, 2.24) is 24.8 Å². The zero-order valence-corrected chi connectivity index (χ0v) is 22.5. The van der Waals surface area contributed by atoms with Crippen LogP contribution in [-0.4, -0.2) is 59.9 Å². The first-order chi connectivity index (χ1) is 18.3. The number of nitrogens with zero attached hydrogens (tertiary/aromatic N) is 4. The molecule has 1 unspecified atom stereocenters. The molecule has 7 nitrogen and oxygen atoms in total. The quantitative estimate of drug-likeness (QED) is 0.236. The van der Waals surface area contributed by atoms with Gasteiger partial charge in [-0.25, -0.2) is 9.97 Å². The molecule has 0 fully saturated rings. The molecule has 0 amide bonds. The predicted molar refractivity (Wildman–Crippen MR) is 144 cm³/mol. The summed E-state index contributed by atoms with van der Waals surface area (Å²) in [4.78, 5) is 17.6. The van der Waals surface area contributed by atoms with Gasteiger partial charge in [-0.15, -0.1) is 0 Å². The molecule has 4 rings (SSSR count). The summed E-state index contributed by atoms with van der Waals surface area (Å²) < 4.78 is 43.4. The lowest BCUT2D eigenvalue weighted by atomic mass is 9.72. The summed E-state index contributed by atoms with van der Waals surface area (Å²) in [6.07, 6.45) is -0.107. The summed E-state index contributed by atoms with van der Waals surface area (Å²) in [5.41, 5.74) is -1.04. The number of aromatic nitrogens is 4. The number of nitrogens with one attached hydrogen (secondary N) is 1. The van der Waals surface area contributed by atoms with E-state index in [-0.39, 0.29) is 17.0 Å². The Labute approximate surface area is 225 Å². The number of hydrogen-bond donors (Lipinski definition) is 3. The first-order valence-corrected chi connectivity index (χ1v) is 12.9. The minimum Gasteiger partial charge on any atom is -0.508 e. The van der Waals surface area contributed by atoms with Crippen molar-refractivity contribution in [2.45, 2.75) is 64.3 Å². The minimum atomic E-state index is -4.92. The van der Waals surface area contributed by atoms with E-state index in [1.807, 2.05) is 6.07 Å². The van der Waals surface area contributed by atoms with Crippen LogP contribution in [0.2, 0.25) is 0 Å². The number of aromatic hydroxyl groups is 1. The Kier molecular flexibility index (Phi) is 7.99. The van der Waals surface area contributed by atoms with E-state index in [0.29, 0.717) is 23.2 Å². The second-order valence-corrected chi connectivity index (χ2v) is 10.6. The fourth-order valence-electron chi connectivity index (χ4n) is 5.11. The van der Waals surface area contributed by atoms with Gasteiger partial charge in [0.2, 0.25) is 0 Å². The fourth-order valence-corrected chi connectivity index (χ4v) is 5.11. The van der Waals surface area contributed by atoms with Crippen LogP contribution >= 0.6 is 0 Å². The lowest BCUT2D eigenvalue weighted by Crippen LogP contribution is -2.50. The van der Waals surface area contributed by atoms with Crippen molar-refractivity contribution in [3.63, 3.8) is 0 Å². The number of aliphatic hydroxyl groups is 1. The van der Waals surface area contributed by atoms with Crippen LogP contribution in [0.4, 0.5) is 13.2 Å². The number of hydrogen-bond acceptors (Lipinski definition) is 6. The van der Waals surface area contributed by atoms with Crippen molar-refractivity contribution in [2.75, 3.05) is 13.1 Å². The van der Waals surface area contributed by atoms with Gasteiger partial charge in [-0.2, -0.15) is 13.2 Å². The van der Waals surface area contributed by atoms with Crippen molar-refractivity contribution in [3.05, 3.63) is 72.2 Å². The molecular formula is C29H34F3N5O2. The number of phenols is 1. The van der Waals surface area contributed by atoms with Gasteiger partial charge in [0.25, 0.3) is 0 Å². The number of rotatable bonds is 10. The molecule has 0 spiro atoms. The van der Waals surface area contributed by atoms with Crippen molar-refractivity contribution in [3.8, 4) is 16.9 Å². The lowest BCUT2D eigenvalue weighted by Gasteiger charge is -2.38. The van der Waals surface area contributed by atoms with Crippen LogP contribution in [0.15, 0.2) is 55.2 Å². The maximum atomic E-state index is 14.5. The fraction of sp³-hybridized carbons (Fsp3) is 0.414. The summed E-state index contributed by atoms with van der Waals surface area (Å²) in [6.45, 7) is 9.64. The zero-order valence-electron chi connectivity index (χ0n) is 22.5. The van der Waals surface area contributed by atoms with Gasteiger partial charge in [0.1, 0.15) is 12.1 Å². The molecule has 1 aromatic carbocycles. The van der Waals surface area contributed by atoms with E-state index in [1.54, 1.807) is 50.6 Å². The van der Waals surface area contributed by atoms with Crippen molar-refractivity contribution >= 4 is 10.9 Å². The third-order valence-corrected chi connectivity index (χ3v) is 7.26. The van der Waals surface area contributed by atoms with E-state index in [0.717, 1.165) is 24.2 Å². The molecule has 0 saturated heterocycles. The number of aromatic amines is 1. The van der Waals surface area contributed by atoms with Gasteiger partial charge in [0.15, 0.2) is 5.60 Å². The van der Waals surface area contributed by atoms with Crippen LogP contribution in [0.25, 0.3) is 22.0 Å². The maximum Gasteiger partial charge on any atom is 0.417 e. The summed E-state index contributed by atoms with van der Waals surface area (Å²) in [6, 6.07) is 8.21. The third-order valence-electron chi connectivity index (χ3n) is 7.26. The molecule has 0 radical (unpaired) electrons. The van der Waals surface area contributed by atoms with Crippen LogP contribution in [0.3, 0.4) is 0 Å². The Balaban J connectivity index is 1.64. The highest BCUT2D eigenvalue weighted by atomic mass is 19.4. The van der Waals surface area contributed by atoms with Crippen LogP contribution < -0.4 is 0 Å². The van der Waals surface area contributed by atoms with Gasteiger partial charge in [0, 0.05) is 47.6 Å². The highest BCUT2D eigenvalue weighted by Crippen LogP contribution is 2.45. The number of fused-ring (bicyclic) bond motifs is 1. The van der Waals surface area contributed by atoms with Gasteiger partial charge >= 0.3 is 6.18 Å². The van der Waals surface area contributed by atoms with Crippen LogP contribution in [0.5, 0.6) is 5.75 Å². The maximum absolute atomic E-state index is 14.5. The topological polar surface area (TPSA) is 98.2 Å². The normalized spacial score (nSPS) is 14.2. The second-order valence-electron chi connectivity index (χ2n) is 10.6. The highest BCUT2D eigenvalue weighted by molar-refractivity contribution is 5.80. The predicted octanol–water partition coefficient (Wildman–Crippen LogP) is 5.77. The average molecular weight is 542 g/mol. The average Bonchev–Trinajstić information content (AvgIpc) is 3.28. The van der Waals surface area contributed by atoms with Crippen LogP contribution in [0, 0.1) is 0 Å². The minimum absolute atomic E-state index is 0.150. The van der Waals surface area contributed by atoms with Gasteiger partial charge in [-0.1, -0.05) is 33.8 Å². The molecule has 0 bridgehead atoms. The van der Waals surface area contributed by atoms with Crippen LogP contribution in [-0.2, 0) is 18.4 Å². The molecule has 0 aliphatic rings. The molecule has 208 valence electrons. The summed E-state index contributed by atoms with van der Waals surface area (Å²) in [5.74, 6) is -0.150. The number of halogens is 3. The van der Waals surface area contributed by atoms with E-state index >= 15 is 0 Å². The van der Waals surface area contributed by atoms with Gasteiger partial charge in [-0.05, 0) is 54.8 Å². The summed E-state index contributed by atoms with van der Waals surface area (Å²) in [5, 5.41) is 22.5. The molecule has 3 N–H and O–H groups in total. The lowest BCUT2D eigenvalue weighted by molar-refractivity contribution is -0.266. The smallest absolute Gasteiger partial charge is 0.417 e. The van der Waals surface area contributed by atoms with Gasteiger partial charge < -0.3 is 15.2 Å². The van der Waals surface area contributed by atoms with Crippen molar-refractivity contribution < 1.29 is 23.4 Å². The molecule has 0 aliphatic heterocycles. The molecule has 39 heavy (non-hydrogen) atoms. The Morgan fingerprint density at radius 2 is 1.64 bits per heavy atom. The molecule has 3 heterocycles. The van der Waals surface area contributed by atoms with E-state index in [4.69, 9.17) is 0 Å². The van der Waals surface area contributed by atoms with E-state index in [1.165, 1.54) is 12.4 Å². The Bertz CT molecular complexity index is 1420. The van der Waals surface area contributed by atoms with Crippen molar-refractivity contribution in [2.24, 2.45) is 0 Å². The number of benzene rings is 1. The van der Waals surface area contributed by atoms with Crippen molar-refractivity contribution in [1.29, 1.82) is 0 Å². The van der Waals surface area contributed by atoms with Gasteiger partial charge in [-0.3, -0.25) is 9.88 Å². The van der Waals surface area contributed by atoms with E-state index in [2.05, 4.69) is 38.7 Å². The van der Waals surface area contributed by atoms with E-state index < -0.39 is 30.0 Å². The van der Waals surface area contributed by atoms with E-state index in [9.17, 15) is 23.4 Å². The summed E-state index contributed by atoms with van der Waals surface area (Å²) in [7, 11) is 0. The molecular weight excluding hydrogens is 507 g/mol. The van der Waals surface area contributed by atoms with Gasteiger partial charge in [0.05, 0.1) is 17.4 Å². The van der Waals surface area contributed by atoms with Crippen LogP contribution in [0.1, 0.15) is 51.1 Å². The number of pyridine rings is 1. The highest BCUT2D eigenvalue weighted by Gasteiger charge is 2.56. The Morgan fingerprint density at radius 3 is 2.28 bits per heavy atom. The third kappa shape index (κ3) is 6.23. The number of H-pyrrole nitrogens is 1. The first kappa shape index (κ1) is 28.5. The largest absolute Gasteiger partial charge is 0.508 e. The SMILES string of the molecule is CCN(CC)Cc1cc2cc(CC(O)(CC(C)(C)c3cc(-c4cncnc4)ccc3O)C(F)(F)F)[nH]c2cn1. The molecule has 4 aromatic rings.